The van der Waals surface area contributed by atoms with E-state index in [4.69, 9.17) is 16.3 Å². The van der Waals surface area contributed by atoms with E-state index in [0.717, 1.165) is 11.3 Å². The molecule has 1 aromatic rings. The van der Waals surface area contributed by atoms with Gasteiger partial charge in [-0.2, -0.15) is 4.99 Å². The first-order valence-electron chi connectivity index (χ1n) is 7.33. The molecule has 0 aliphatic carbocycles. The monoisotopic (exact) mass is 388 g/mol. The second kappa shape index (κ2) is 6.67. The van der Waals surface area contributed by atoms with E-state index >= 15 is 0 Å². The standard InChI is InChI=1S/C15H17ClN2O4S2/c1-9-3-4-10(16)5-11(9)18-12-7-24(20,21)8-13(12)23-15(18)17-14(19)6-22-2/h3-5,12-13H,6-8H2,1-2H3/t12-,13+/m0/s1. The molecule has 2 fully saturated rings. The molecule has 1 aromatic carbocycles. The van der Waals surface area contributed by atoms with Crippen LogP contribution in [0.5, 0.6) is 0 Å². The third kappa shape index (κ3) is 3.46. The van der Waals surface area contributed by atoms with Gasteiger partial charge in [-0.1, -0.05) is 29.4 Å². The van der Waals surface area contributed by atoms with Crippen molar-refractivity contribution in [3.05, 3.63) is 28.8 Å². The number of carbonyl (C=O) groups is 1. The summed E-state index contributed by atoms with van der Waals surface area (Å²) >= 11 is 7.45. The molecule has 2 saturated heterocycles. The van der Waals surface area contributed by atoms with Gasteiger partial charge in [0.1, 0.15) is 6.61 Å². The molecule has 130 valence electrons. The summed E-state index contributed by atoms with van der Waals surface area (Å²) in [5.41, 5.74) is 1.72. The smallest absolute Gasteiger partial charge is 0.274 e. The number of fused-ring (bicyclic) bond motifs is 1. The molecular weight excluding hydrogens is 372 g/mol. The van der Waals surface area contributed by atoms with E-state index in [1.54, 1.807) is 12.1 Å². The van der Waals surface area contributed by atoms with Gasteiger partial charge in [-0.15, -0.1) is 0 Å². The largest absolute Gasteiger partial charge is 0.375 e. The number of amides is 1. The van der Waals surface area contributed by atoms with E-state index < -0.39 is 15.7 Å². The first-order valence-corrected chi connectivity index (χ1v) is 10.4. The Morgan fingerprint density at radius 2 is 2.21 bits per heavy atom. The first kappa shape index (κ1) is 17.7. The van der Waals surface area contributed by atoms with Gasteiger partial charge in [0.05, 0.1) is 17.5 Å². The van der Waals surface area contributed by atoms with E-state index in [9.17, 15) is 13.2 Å². The fourth-order valence-corrected chi connectivity index (χ4v) is 7.04. The predicted molar refractivity (Wildman–Crippen MR) is 96.8 cm³/mol. The van der Waals surface area contributed by atoms with E-state index in [2.05, 4.69) is 4.99 Å². The normalized spacial score (nSPS) is 26.8. The van der Waals surface area contributed by atoms with Crippen LogP contribution >= 0.6 is 23.4 Å². The Morgan fingerprint density at radius 1 is 1.46 bits per heavy atom. The molecule has 2 atom stereocenters. The van der Waals surface area contributed by atoms with Crippen LogP contribution < -0.4 is 4.90 Å². The van der Waals surface area contributed by atoms with E-state index in [1.165, 1.54) is 18.9 Å². The number of hydrogen-bond acceptors (Lipinski definition) is 5. The van der Waals surface area contributed by atoms with Crippen LogP contribution in [-0.2, 0) is 19.4 Å². The second-order valence-electron chi connectivity index (χ2n) is 5.82. The average molecular weight is 389 g/mol. The molecule has 0 aromatic heterocycles. The zero-order valence-corrected chi connectivity index (χ0v) is 15.6. The summed E-state index contributed by atoms with van der Waals surface area (Å²) in [7, 11) is -1.66. The third-order valence-corrected chi connectivity index (χ3v) is 7.43. The molecule has 2 aliphatic heterocycles. The third-order valence-electron chi connectivity index (χ3n) is 3.99. The highest BCUT2D eigenvalue weighted by molar-refractivity contribution is 8.16. The Balaban J connectivity index is 2.04. The fraction of sp³-hybridized carbons (Fsp3) is 0.467. The Kier molecular flexibility index (Phi) is 4.92. The number of amidine groups is 1. The molecule has 3 rings (SSSR count). The lowest BCUT2D eigenvalue weighted by molar-refractivity contribution is -0.121. The lowest BCUT2D eigenvalue weighted by Gasteiger charge is -2.26. The molecule has 6 nitrogen and oxygen atoms in total. The quantitative estimate of drug-likeness (QED) is 0.787. The number of hydrogen-bond donors (Lipinski definition) is 0. The van der Waals surface area contributed by atoms with Crippen LogP contribution in [0, 0.1) is 6.92 Å². The second-order valence-corrected chi connectivity index (χ2v) is 9.62. The molecule has 0 bridgehead atoms. The maximum absolute atomic E-state index is 12.0. The summed E-state index contributed by atoms with van der Waals surface area (Å²) in [5, 5.41) is 0.919. The van der Waals surface area contributed by atoms with Crippen molar-refractivity contribution in [3.8, 4) is 0 Å². The topological polar surface area (TPSA) is 76.0 Å². The predicted octanol–water partition coefficient (Wildman–Crippen LogP) is 1.90. The van der Waals surface area contributed by atoms with Gasteiger partial charge < -0.3 is 9.64 Å². The van der Waals surface area contributed by atoms with Gasteiger partial charge in [0.15, 0.2) is 15.0 Å². The Hall–Kier alpha value is -1.09. The van der Waals surface area contributed by atoms with Crippen molar-refractivity contribution in [3.63, 3.8) is 0 Å². The molecular formula is C15H17ClN2O4S2. The Bertz CT molecular complexity index is 810. The van der Waals surface area contributed by atoms with Crippen LogP contribution in [0.4, 0.5) is 5.69 Å². The van der Waals surface area contributed by atoms with Gasteiger partial charge >= 0.3 is 0 Å². The van der Waals surface area contributed by atoms with Gasteiger partial charge in [-0.3, -0.25) is 4.79 Å². The van der Waals surface area contributed by atoms with E-state index in [0.29, 0.717) is 10.2 Å². The minimum absolute atomic E-state index is 0.0497. The molecule has 1 amide bonds. The number of carbonyl (C=O) groups excluding carboxylic acids is 1. The number of methoxy groups -OCH3 is 1. The molecule has 24 heavy (non-hydrogen) atoms. The van der Waals surface area contributed by atoms with Crippen molar-refractivity contribution in [1.29, 1.82) is 0 Å². The van der Waals surface area contributed by atoms with Gasteiger partial charge in [-0.05, 0) is 24.6 Å². The number of benzene rings is 1. The number of rotatable bonds is 3. The Labute approximate surface area is 150 Å². The van der Waals surface area contributed by atoms with Crippen LogP contribution in [0.25, 0.3) is 0 Å². The fourth-order valence-electron chi connectivity index (χ4n) is 2.95. The molecule has 0 unspecified atom stereocenters. The highest BCUT2D eigenvalue weighted by Crippen LogP contribution is 2.42. The number of aryl methyl sites for hydroxylation is 1. The number of ether oxygens (including phenoxy) is 1. The van der Waals surface area contributed by atoms with Crippen LogP contribution in [0.2, 0.25) is 5.02 Å². The van der Waals surface area contributed by atoms with Gasteiger partial charge in [0.25, 0.3) is 5.91 Å². The van der Waals surface area contributed by atoms with Crippen molar-refractivity contribution >= 4 is 50.0 Å². The molecule has 9 heteroatoms. The van der Waals surface area contributed by atoms with Gasteiger partial charge in [0, 0.05) is 23.1 Å². The van der Waals surface area contributed by atoms with E-state index in [1.807, 2.05) is 17.9 Å². The number of sulfone groups is 1. The highest BCUT2D eigenvalue weighted by Gasteiger charge is 2.49. The van der Waals surface area contributed by atoms with Crippen molar-refractivity contribution < 1.29 is 17.9 Å². The number of halogens is 1. The minimum atomic E-state index is -3.09. The van der Waals surface area contributed by atoms with Crippen molar-refractivity contribution in [2.45, 2.75) is 18.2 Å². The summed E-state index contributed by atoms with van der Waals surface area (Å²) in [6.07, 6.45) is 0. The highest BCUT2D eigenvalue weighted by atomic mass is 35.5. The van der Waals surface area contributed by atoms with Gasteiger partial charge in [0.2, 0.25) is 0 Å². The molecule has 0 saturated carbocycles. The number of thioether (sulfide) groups is 1. The van der Waals surface area contributed by atoms with Crippen molar-refractivity contribution in [2.24, 2.45) is 4.99 Å². The molecule has 0 N–H and O–H groups in total. The van der Waals surface area contributed by atoms with Crippen LogP contribution in [0.3, 0.4) is 0 Å². The van der Waals surface area contributed by atoms with Crippen molar-refractivity contribution in [1.82, 2.24) is 0 Å². The number of anilines is 1. The summed E-state index contributed by atoms with van der Waals surface area (Å²) in [5.74, 6) is -0.253. The lowest BCUT2D eigenvalue weighted by Crippen LogP contribution is -2.38. The average Bonchev–Trinajstić information content (AvgIpc) is 2.93. The lowest BCUT2D eigenvalue weighted by atomic mass is 10.1. The molecule has 0 spiro atoms. The zero-order chi connectivity index (χ0) is 17.5. The van der Waals surface area contributed by atoms with Crippen LogP contribution in [0.1, 0.15) is 5.56 Å². The maximum Gasteiger partial charge on any atom is 0.274 e. The Morgan fingerprint density at radius 3 is 2.92 bits per heavy atom. The summed E-state index contributed by atoms with van der Waals surface area (Å²) < 4.78 is 28.8. The van der Waals surface area contributed by atoms with E-state index in [-0.39, 0.29) is 29.4 Å². The molecule has 2 heterocycles. The van der Waals surface area contributed by atoms with Gasteiger partial charge in [-0.25, -0.2) is 8.42 Å². The summed E-state index contributed by atoms with van der Waals surface area (Å²) in [4.78, 5) is 17.8. The molecule has 2 aliphatic rings. The SMILES string of the molecule is COCC(=O)N=C1S[C@@H]2CS(=O)(=O)C[C@@H]2N1c1cc(Cl)ccc1C. The zero-order valence-electron chi connectivity index (χ0n) is 13.2. The summed E-state index contributed by atoms with van der Waals surface area (Å²) in [6.45, 7) is 1.81. The maximum atomic E-state index is 12.0. The molecule has 0 radical (unpaired) electrons. The van der Waals surface area contributed by atoms with Crippen LogP contribution in [0.15, 0.2) is 23.2 Å². The number of nitrogens with zero attached hydrogens (tertiary/aromatic N) is 2. The van der Waals surface area contributed by atoms with Crippen molar-refractivity contribution in [2.75, 3.05) is 30.1 Å². The minimum Gasteiger partial charge on any atom is -0.375 e. The van der Waals surface area contributed by atoms with Crippen LogP contribution in [-0.4, -0.2) is 56.0 Å². The summed E-state index contributed by atoms with van der Waals surface area (Å²) in [6, 6.07) is 5.18. The number of aliphatic imine (C=N–C) groups is 1. The first-order chi connectivity index (χ1) is 11.3.